The molecule has 0 spiro atoms. The standard InChI is InChI=1S/C28H36ClN3O4/c1-2-24(26(34)30-20-11-4-3-5-12-20)32(18-19-10-6-9-15-23(19)29)25(33)16-17-31-27(35)21-13-7-8-14-22(21)28(31)36/h6-10,15,20-22,24H,2-5,11-14,16-18H2,1H3,(H,30,34)/t21-,22+,24-/m1/s1. The largest absolute Gasteiger partial charge is 0.352 e. The van der Waals surface area contributed by atoms with E-state index in [1.807, 2.05) is 37.3 Å². The lowest BCUT2D eigenvalue weighted by molar-refractivity contribution is -0.144. The Labute approximate surface area is 218 Å². The first-order chi connectivity index (χ1) is 17.4. The molecule has 3 aliphatic rings. The van der Waals surface area contributed by atoms with Gasteiger partial charge < -0.3 is 10.2 Å². The number of carbonyl (C=O) groups excluding carboxylic acids is 4. The zero-order valence-electron chi connectivity index (χ0n) is 21.0. The van der Waals surface area contributed by atoms with Crippen LogP contribution in [0.3, 0.4) is 0 Å². The van der Waals surface area contributed by atoms with Gasteiger partial charge in [-0.25, -0.2) is 0 Å². The Bertz CT molecular complexity index is 994. The van der Waals surface area contributed by atoms with Gasteiger partial charge in [-0.05, 0) is 43.7 Å². The van der Waals surface area contributed by atoms with Crippen molar-refractivity contribution in [3.8, 4) is 0 Å². The summed E-state index contributed by atoms with van der Waals surface area (Å²) in [6, 6.07) is 6.76. The number of hydrogen-bond donors (Lipinski definition) is 1. The third kappa shape index (κ3) is 5.83. The van der Waals surface area contributed by atoms with Gasteiger partial charge in [-0.1, -0.05) is 68.1 Å². The molecule has 0 radical (unpaired) electrons. The average molecular weight is 514 g/mol. The topological polar surface area (TPSA) is 86.8 Å². The third-order valence-corrected chi connectivity index (χ3v) is 8.15. The van der Waals surface area contributed by atoms with Crippen LogP contribution in [0, 0.1) is 11.8 Å². The number of amides is 4. The van der Waals surface area contributed by atoms with Crippen LogP contribution in [0.1, 0.15) is 70.3 Å². The summed E-state index contributed by atoms with van der Waals surface area (Å²) < 4.78 is 0. The first kappa shape index (κ1) is 26.4. The van der Waals surface area contributed by atoms with E-state index < -0.39 is 6.04 Å². The smallest absolute Gasteiger partial charge is 0.243 e. The monoisotopic (exact) mass is 513 g/mol. The Morgan fingerprint density at radius 2 is 1.69 bits per heavy atom. The maximum atomic E-state index is 13.6. The molecule has 1 saturated heterocycles. The van der Waals surface area contributed by atoms with Gasteiger partial charge >= 0.3 is 0 Å². The molecule has 0 aromatic heterocycles. The summed E-state index contributed by atoms with van der Waals surface area (Å²) >= 11 is 6.40. The lowest BCUT2D eigenvalue weighted by Crippen LogP contribution is -2.52. The van der Waals surface area contributed by atoms with E-state index in [1.165, 1.54) is 11.3 Å². The molecule has 1 aromatic rings. The number of nitrogens with one attached hydrogen (secondary N) is 1. The Kier molecular flexibility index (Phi) is 8.83. The van der Waals surface area contributed by atoms with Crippen LogP contribution in [0.15, 0.2) is 36.4 Å². The van der Waals surface area contributed by atoms with Crippen molar-refractivity contribution in [2.24, 2.45) is 11.8 Å². The zero-order valence-corrected chi connectivity index (χ0v) is 21.7. The minimum absolute atomic E-state index is 0.0258. The number of hydrogen-bond acceptors (Lipinski definition) is 4. The van der Waals surface area contributed by atoms with Crippen LogP contribution in [0.4, 0.5) is 0 Å². The van der Waals surface area contributed by atoms with Crippen molar-refractivity contribution < 1.29 is 19.2 Å². The van der Waals surface area contributed by atoms with Crippen molar-refractivity contribution in [1.29, 1.82) is 0 Å². The Hall–Kier alpha value is -2.67. The molecule has 1 aliphatic heterocycles. The number of rotatable bonds is 9. The van der Waals surface area contributed by atoms with Gasteiger partial charge in [0.1, 0.15) is 6.04 Å². The number of nitrogens with zero attached hydrogens (tertiary/aromatic N) is 2. The summed E-state index contributed by atoms with van der Waals surface area (Å²) in [7, 11) is 0. The van der Waals surface area contributed by atoms with Crippen LogP contribution in [0.25, 0.3) is 0 Å². The van der Waals surface area contributed by atoms with E-state index in [-0.39, 0.29) is 61.0 Å². The number of allylic oxidation sites excluding steroid dienone is 2. The van der Waals surface area contributed by atoms with Crippen LogP contribution in [-0.4, -0.2) is 52.1 Å². The molecule has 3 atom stereocenters. The summed E-state index contributed by atoms with van der Waals surface area (Å²) in [6.45, 7) is 2.11. The van der Waals surface area contributed by atoms with E-state index in [0.717, 1.165) is 31.2 Å². The van der Waals surface area contributed by atoms with Crippen LogP contribution >= 0.6 is 11.6 Å². The number of carbonyl (C=O) groups is 4. The predicted molar refractivity (Wildman–Crippen MR) is 138 cm³/mol. The molecule has 0 bridgehead atoms. The highest BCUT2D eigenvalue weighted by molar-refractivity contribution is 6.31. The number of imide groups is 1. The third-order valence-electron chi connectivity index (χ3n) is 7.78. The van der Waals surface area contributed by atoms with E-state index in [0.29, 0.717) is 24.3 Å². The molecule has 4 amide bonds. The van der Waals surface area contributed by atoms with Crippen molar-refractivity contribution in [2.45, 2.75) is 83.3 Å². The Balaban J connectivity index is 1.48. The predicted octanol–water partition coefficient (Wildman–Crippen LogP) is 4.24. The molecule has 194 valence electrons. The van der Waals surface area contributed by atoms with Crippen LogP contribution in [0.5, 0.6) is 0 Å². The molecular weight excluding hydrogens is 478 g/mol. The highest BCUT2D eigenvalue weighted by atomic mass is 35.5. The maximum absolute atomic E-state index is 13.6. The van der Waals surface area contributed by atoms with E-state index >= 15 is 0 Å². The Morgan fingerprint density at radius 1 is 1.06 bits per heavy atom. The molecule has 4 rings (SSSR count). The summed E-state index contributed by atoms with van der Waals surface area (Å²) in [5.41, 5.74) is 0.752. The van der Waals surface area contributed by atoms with Crippen LogP contribution in [0.2, 0.25) is 5.02 Å². The molecule has 2 fully saturated rings. The fraction of sp³-hybridized carbons (Fsp3) is 0.571. The van der Waals surface area contributed by atoms with Gasteiger partial charge in [-0.3, -0.25) is 24.1 Å². The van der Waals surface area contributed by atoms with Crippen LogP contribution in [-0.2, 0) is 25.7 Å². The van der Waals surface area contributed by atoms with Crippen molar-refractivity contribution in [2.75, 3.05) is 6.54 Å². The van der Waals surface area contributed by atoms with E-state index in [1.54, 1.807) is 11.0 Å². The van der Waals surface area contributed by atoms with Gasteiger partial charge in [0, 0.05) is 30.6 Å². The van der Waals surface area contributed by atoms with Crippen molar-refractivity contribution >= 4 is 35.2 Å². The fourth-order valence-corrected chi connectivity index (χ4v) is 5.91. The molecule has 1 aromatic carbocycles. The van der Waals surface area contributed by atoms with E-state index in [2.05, 4.69) is 5.32 Å². The molecule has 1 heterocycles. The minimum Gasteiger partial charge on any atom is -0.352 e. The number of benzene rings is 1. The lowest BCUT2D eigenvalue weighted by Gasteiger charge is -2.33. The molecule has 1 N–H and O–H groups in total. The molecule has 36 heavy (non-hydrogen) atoms. The minimum atomic E-state index is -0.660. The van der Waals surface area contributed by atoms with Gasteiger partial charge in [0.25, 0.3) is 0 Å². The maximum Gasteiger partial charge on any atom is 0.243 e. The van der Waals surface area contributed by atoms with Crippen LogP contribution < -0.4 is 5.32 Å². The zero-order chi connectivity index (χ0) is 25.7. The van der Waals surface area contributed by atoms with Crippen molar-refractivity contribution in [1.82, 2.24) is 15.1 Å². The van der Waals surface area contributed by atoms with Crippen molar-refractivity contribution in [3.63, 3.8) is 0 Å². The van der Waals surface area contributed by atoms with Gasteiger partial charge in [0.15, 0.2) is 0 Å². The second-order valence-corrected chi connectivity index (χ2v) is 10.5. The first-order valence-corrected chi connectivity index (χ1v) is 13.6. The highest BCUT2D eigenvalue weighted by Crippen LogP contribution is 2.35. The van der Waals surface area contributed by atoms with Crippen molar-refractivity contribution in [3.05, 3.63) is 47.0 Å². The summed E-state index contributed by atoms with van der Waals surface area (Å²) in [4.78, 5) is 55.4. The quantitative estimate of drug-likeness (QED) is 0.395. The average Bonchev–Trinajstić information content (AvgIpc) is 3.13. The summed E-state index contributed by atoms with van der Waals surface area (Å²) in [5, 5.41) is 3.69. The fourth-order valence-electron chi connectivity index (χ4n) is 5.71. The summed E-state index contributed by atoms with van der Waals surface area (Å²) in [5.74, 6) is -1.45. The highest BCUT2D eigenvalue weighted by Gasteiger charge is 2.47. The van der Waals surface area contributed by atoms with Gasteiger partial charge in [-0.15, -0.1) is 0 Å². The molecule has 7 nitrogen and oxygen atoms in total. The molecular formula is C28H36ClN3O4. The molecule has 2 aliphatic carbocycles. The normalized spacial score (nSPS) is 22.9. The second-order valence-electron chi connectivity index (χ2n) is 10.1. The van der Waals surface area contributed by atoms with Gasteiger partial charge in [-0.2, -0.15) is 0 Å². The lowest BCUT2D eigenvalue weighted by atomic mass is 9.85. The molecule has 1 saturated carbocycles. The van der Waals surface area contributed by atoms with Gasteiger partial charge in [0.05, 0.1) is 11.8 Å². The first-order valence-electron chi connectivity index (χ1n) is 13.2. The Morgan fingerprint density at radius 3 is 2.31 bits per heavy atom. The number of fused-ring (bicyclic) bond motifs is 1. The SMILES string of the molecule is CC[C@H](C(=O)NC1CCCCC1)N(Cc1ccccc1Cl)C(=O)CCN1C(=O)[C@H]2CC=CC[C@H]2C1=O. The second kappa shape index (κ2) is 12.0. The summed E-state index contributed by atoms with van der Waals surface area (Å²) in [6.07, 6.45) is 10.7. The number of halogens is 1. The van der Waals surface area contributed by atoms with E-state index in [9.17, 15) is 19.2 Å². The molecule has 8 heteroatoms. The van der Waals surface area contributed by atoms with E-state index in [4.69, 9.17) is 11.6 Å². The number of likely N-dealkylation sites (tertiary alicyclic amines) is 1. The van der Waals surface area contributed by atoms with Gasteiger partial charge in [0.2, 0.25) is 23.6 Å². The molecule has 0 unspecified atom stereocenters.